The van der Waals surface area contributed by atoms with Crippen molar-refractivity contribution in [3.63, 3.8) is 0 Å². The highest BCUT2D eigenvalue weighted by Crippen LogP contribution is 2.35. The molecule has 1 N–H and O–H groups in total. The lowest BCUT2D eigenvalue weighted by atomic mass is 9.82. The lowest BCUT2D eigenvalue weighted by Crippen LogP contribution is -2.68. The lowest BCUT2D eigenvalue weighted by Gasteiger charge is -2.38. The Morgan fingerprint density at radius 2 is 1.74 bits per heavy atom. The van der Waals surface area contributed by atoms with E-state index in [0.29, 0.717) is 0 Å². The van der Waals surface area contributed by atoms with E-state index >= 15 is 0 Å². The number of Topliss-reactive ketones (excluding diaryl/α,β-unsaturated/α-hetero) is 1. The van der Waals surface area contributed by atoms with Gasteiger partial charge in [-0.2, -0.15) is 5.06 Å². The number of ether oxygens (including phenoxy) is 1. The summed E-state index contributed by atoms with van der Waals surface area (Å²) in [6, 6.07) is 13.8. The van der Waals surface area contributed by atoms with Gasteiger partial charge >= 0.3 is 5.97 Å². The van der Waals surface area contributed by atoms with Crippen LogP contribution in [-0.2, 0) is 9.63 Å². The summed E-state index contributed by atoms with van der Waals surface area (Å²) in [4.78, 5) is 43.6. The SMILES string of the molecule is CO/N=C(\C)C1(N(O)C(=O)c2ccccc2)C(=O)Oc2ccccc2C1=O. The van der Waals surface area contributed by atoms with Gasteiger partial charge in [0.1, 0.15) is 18.6 Å². The van der Waals surface area contributed by atoms with Gasteiger partial charge in [-0.15, -0.1) is 0 Å². The van der Waals surface area contributed by atoms with E-state index in [4.69, 9.17) is 4.74 Å². The smallest absolute Gasteiger partial charge is 0.354 e. The minimum Gasteiger partial charge on any atom is -0.423 e. The Balaban J connectivity index is 2.19. The number of fused-ring (bicyclic) bond motifs is 1. The molecule has 27 heavy (non-hydrogen) atoms. The fraction of sp³-hybridized carbons (Fsp3) is 0.158. The summed E-state index contributed by atoms with van der Waals surface area (Å²) in [6.07, 6.45) is 0. The van der Waals surface area contributed by atoms with Crippen molar-refractivity contribution in [2.45, 2.75) is 12.5 Å². The van der Waals surface area contributed by atoms with E-state index in [-0.39, 0.29) is 27.7 Å². The molecule has 8 nitrogen and oxygen atoms in total. The van der Waals surface area contributed by atoms with Crippen LogP contribution in [0.25, 0.3) is 0 Å². The minimum atomic E-state index is -2.50. The molecule has 8 heteroatoms. The molecule has 138 valence electrons. The van der Waals surface area contributed by atoms with Crippen molar-refractivity contribution >= 4 is 23.4 Å². The molecule has 0 radical (unpaired) electrons. The second kappa shape index (κ2) is 7.00. The van der Waals surface area contributed by atoms with Crippen molar-refractivity contribution in [2.24, 2.45) is 5.16 Å². The molecule has 1 heterocycles. The normalized spacial score (nSPS) is 19.1. The van der Waals surface area contributed by atoms with Crippen LogP contribution in [0.15, 0.2) is 59.8 Å². The Morgan fingerprint density at radius 3 is 2.41 bits per heavy atom. The Labute approximate surface area is 154 Å². The van der Waals surface area contributed by atoms with Crippen LogP contribution in [0.5, 0.6) is 5.75 Å². The molecule has 2 aromatic rings. The third-order valence-corrected chi connectivity index (χ3v) is 4.24. The lowest BCUT2D eigenvalue weighted by molar-refractivity contribution is -0.158. The van der Waals surface area contributed by atoms with Crippen molar-refractivity contribution in [1.29, 1.82) is 0 Å². The van der Waals surface area contributed by atoms with Crippen molar-refractivity contribution < 1.29 is 29.2 Å². The summed E-state index contributed by atoms with van der Waals surface area (Å²) in [5, 5.41) is 14.4. The Kier molecular flexibility index (Phi) is 4.74. The fourth-order valence-corrected chi connectivity index (χ4v) is 2.91. The second-order valence-corrected chi connectivity index (χ2v) is 5.77. The Morgan fingerprint density at radius 1 is 1.11 bits per heavy atom. The molecule has 0 fully saturated rings. The number of nitrogens with zero attached hydrogens (tertiary/aromatic N) is 2. The maximum Gasteiger partial charge on any atom is 0.354 e. The molecular formula is C19H16N2O6. The third kappa shape index (κ3) is 2.76. The molecule has 0 aliphatic carbocycles. The van der Waals surface area contributed by atoms with E-state index in [1.54, 1.807) is 30.3 Å². The van der Waals surface area contributed by atoms with Crippen LogP contribution in [0.4, 0.5) is 0 Å². The number of hydrogen-bond acceptors (Lipinski definition) is 7. The van der Waals surface area contributed by atoms with E-state index in [2.05, 4.69) is 9.99 Å². The monoisotopic (exact) mass is 368 g/mol. The number of esters is 1. The van der Waals surface area contributed by atoms with Crippen LogP contribution < -0.4 is 4.74 Å². The van der Waals surface area contributed by atoms with E-state index < -0.39 is 23.2 Å². The molecule has 1 atom stereocenters. The average molecular weight is 368 g/mol. The quantitative estimate of drug-likeness (QED) is 0.221. The van der Waals surface area contributed by atoms with Gasteiger partial charge in [0.05, 0.1) is 5.56 Å². The summed E-state index contributed by atoms with van der Waals surface area (Å²) in [5.41, 5.74) is -2.65. The van der Waals surface area contributed by atoms with Gasteiger partial charge in [-0.3, -0.25) is 14.8 Å². The maximum atomic E-state index is 13.3. The third-order valence-electron chi connectivity index (χ3n) is 4.24. The number of hydrogen-bond donors (Lipinski definition) is 1. The van der Waals surface area contributed by atoms with Gasteiger partial charge in [-0.25, -0.2) is 4.79 Å². The van der Waals surface area contributed by atoms with Crippen LogP contribution in [0.1, 0.15) is 27.6 Å². The molecule has 1 aliphatic heterocycles. The van der Waals surface area contributed by atoms with Crippen molar-refractivity contribution in [3.8, 4) is 5.75 Å². The molecule has 0 spiro atoms. The first-order valence-electron chi connectivity index (χ1n) is 7.97. The zero-order valence-electron chi connectivity index (χ0n) is 14.6. The van der Waals surface area contributed by atoms with E-state index in [1.165, 1.54) is 38.3 Å². The highest BCUT2D eigenvalue weighted by molar-refractivity contribution is 6.36. The molecular weight excluding hydrogens is 352 g/mol. The fourth-order valence-electron chi connectivity index (χ4n) is 2.91. The van der Waals surface area contributed by atoms with Gasteiger partial charge in [0.2, 0.25) is 5.78 Å². The first kappa shape index (κ1) is 18.3. The number of para-hydroxylation sites is 1. The number of hydroxylamine groups is 2. The molecule has 1 aliphatic rings. The number of benzene rings is 2. The van der Waals surface area contributed by atoms with Crippen LogP contribution in [0.2, 0.25) is 0 Å². The predicted octanol–water partition coefficient (Wildman–Crippen LogP) is 2.08. The first-order chi connectivity index (χ1) is 12.9. The molecule has 0 aromatic heterocycles. The summed E-state index contributed by atoms with van der Waals surface area (Å²) in [7, 11) is 1.21. The Hall–Kier alpha value is -3.52. The molecule has 3 rings (SSSR count). The molecule has 2 aromatic carbocycles. The predicted molar refractivity (Wildman–Crippen MR) is 93.7 cm³/mol. The topological polar surface area (TPSA) is 106 Å². The van der Waals surface area contributed by atoms with Crippen molar-refractivity contribution in [2.75, 3.05) is 7.11 Å². The zero-order chi connectivity index (χ0) is 19.6. The standard InChI is InChI=1S/C19H16N2O6/c1-12(20-26-2)19(21(25)17(23)13-8-4-3-5-9-13)16(22)14-10-6-7-11-15(14)27-18(19)24/h3-11,25H,1-2H3/b20-12+. The molecule has 0 saturated carbocycles. The Bertz CT molecular complexity index is 940. The largest absolute Gasteiger partial charge is 0.423 e. The first-order valence-corrected chi connectivity index (χ1v) is 7.97. The minimum absolute atomic E-state index is 0.0302. The van der Waals surface area contributed by atoms with Gasteiger partial charge < -0.3 is 9.57 Å². The number of amides is 1. The number of carbonyl (C=O) groups excluding carboxylic acids is 3. The summed E-state index contributed by atoms with van der Waals surface area (Å²) in [6.45, 7) is 1.29. The molecule has 0 saturated heterocycles. The van der Waals surface area contributed by atoms with Crippen molar-refractivity contribution in [1.82, 2.24) is 5.06 Å². The number of rotatable bonds is 4. The van der Waals surface area contributed by atoms with Crippen LogP contribution in [0.3, 0.4) is 0 Å². The van der Waals surface area contributed by atoms with Gasteiger partial charge in [0.15, 0.2) is 0 Å². The number of oxime groups is 1. The van der Waals surface area contributed by atoms with Gasteiger partial charge in [0.25, 0.3) is 11.4 Å². The molecule has 0 bridgehead atoms. The van der Waals surface area contributed by atoms with Gasteiger partial charge in [-0.1, -0.05) is 35.5 Å². The number of carbonyl (C=O) groups is 3. The van der Waals surface area contributed by atoms with Crippen molar-refractivity contribution in [3.05, 3.63) is 65.7 Å². The average Bonchev–Trinajstić information content (AvgIpc) is 2.68. The summed E-state index contributed by atoms with van der Waals surface area (Å²) >= 11 is 0. The van der Waals surface area contributed by atoms with Gasteiger partial charge in [-0.05, 0) is 31.2 Å². The molecule has 1 amide bonds. The van der Waals surface area contributed by atoms with E-state index in [9.17, 15) is 19.6 Å². The van der Waals surface area contributed by atoms with Crippen LogP contribution >= 0.6 is 0 Å². The highest BCUT2D eigenvalue weighted by Gasteiger charge is 2.61. The van der Waals surface area contributed by atoms with Gasteiger partial charge in [0, 0.05) is 5.56 Å². The number of ketones is 1. The van der Waals surface area contributed by atoms with E-state index in [0.717, 1.165) is 0 Å². The van der Waals surface area contributed by atoms with Crippen LogP contribution in [-0.4, -0.2) is 46.3 Å². The summed E-state index contributed by atoms with van der Waals surface area (Å²) < 4.78 is 5.24. The highest BCUT2D eigenvalue weighted by atomic mass is 16.6. The van der Waals surface area contributed by atoms with Crippen LogP contribution in [0, 0.1) is 0 Å². The van der Waals surface area contributed by atoms with E-state index in [1.807, 2.05) is 0 Å². The second-order valence-electron chi connectivity index (χ2n) is 5.77. The summed E-state index contributed by atoms with van der Waals surface area (Å²) in [5.74, 6) is -2.93. The maximum absolute atomic E-state index is 13.3. The molecule has 1 unspecified atom stereocenters. The zero-order valence-corrected chi connectivity index (χ0v) is 14.6.